The number of rotatable bonds is 8. The van der Waals surface area contributed by atoms with Gasteiger partial charge in [-0.25, -0.2) is 4.98 Å². The first-order valence-electron chi connectivity index (χ1n) is 8.84. The number of amides is 1. The molecule has 28 heavy (non-hydrogen) atoms. The summed E-state index contributed by atoms with van der Waals surface area (Å²) < 4.78 is 5.88. The van der Waals surface area contributed by atoms with Crippen LogP contribution in [0.1, 0.15) is 21.8 Å². The lowest BCUT2D eigenvalue weighted by molar-refractivity contribution is -0.111. The van der Waals surface area contributed by atoms with Gasteiger partial charge in [0.25, 0.3) is 0 Å². The first kappa shape index (κ1) is 20.2. The fourth-order valence-electron chi connectivity index (χ4n) is 2.58. The fourth-order valence-corrected chi connectivity index (χ4v) is 3.70. The number of nitrogens with one attached hydrogen (secondary N) is 1. The molecule has 144 valence electrons. The minimum absolute atomic E-state index is 0.178. The molecule has 3 aromatic rings. The highest BCUT2D eigenvalue weighted by molar-refractivity contribution is 7.97. The number of nitrogens with zero attached hydrogens (tertiary/aromatic N) is 1. The summed E-state index contributed by atoms with van der Waals surface area (Å²) >= 11 is 3.37. The maximum absolute atomic E-state index is 12.2. The van der Waals surface area contributed by atoms with Gasteiger partial charge in [-0.2, -0.15) is 11.8 Å². The summed E-state index contributed by atoms with van der Waals surface area (Å²) in [6.45, 7) is 2.38. The standard InChI is InChI=1S/C22H22N2O2S2/c1-16-23-20(15-28-16)13-26-21-6-4-3-5-18(21)9-12-22(25)24-19-10-7-17(8-11-19)14-27-2/h3-12,15H,13-14H2,1-2H3,(H,24,25)/b12-9+. The third-order valence-corrected chi connectivity index (χ3v) is 5.35. The van der Waals surface area contributed by atoms with Gasteiger partial charge in [-0.05, 0) is 43.0 Å². The van der Waals surface area contributed by atoms with Crippen molar-refractivity contribution in [3.8, 4) is 5.75 Å². The Morgan fingerprint density at radius 1 is 1.21 bits per heavy atom. The van der Waals surface area contributed by atoms with Crippen molar-refractivity contribution in [1.82, 2.24) is 4.98 Å². The number of aromatic nitrogens is 1. The van der Waals surface area contributed by atoms with E-state index in [9.17, 15) is 4.79 Å². The van der Waals surface area contributed by atoms with Gasteiger partial charge >= 0.3 is 0 Å². The maximum Gasteiger partial charge on any atom is 0.248 e. The lowest BCUT2D eigenvalue weighted by Crippen LogP contribution is -2.07. The van der Waals surface area contributed by atoms with Crippen LogP contribution in [0, 0.1) is 6.92 Å². The molecular weight excluding hydrogens is 388 g/mol. The van der Waals surface area contributed by atoms with E-state index in [1.807, 2.05) is 60.8 Å². The van der Waals surface area contributed by atoms with Crippen LogP contribution in [0.15, 0.2) is 60.0 Å². The molecular formula is C22H22N2O2S2. The van der Waals surface area contributed by atoms with E-state index in [1.54, 1.807) is 29.2 Å². The van der Waals surface area contributed by atoms with Crippen LogP contribution >= 0.6 is 23.1 Å². The van der Waals surface area contributed by atoms with Gasteiger partial charge in [0.05, 0.1) is 10.7 Å². The predicted octanol–water partition coefficient (Wildman–Crippen LogP) is 5.55. The van der Waals surface area contributed by atoms with E-state index in [0.29, 0.717) is 6.61 Å². The van der Waals surface area contributed by atoms with Crippen LogP contribution in [0.5, 0.6) is 5.75 Å². The monoisotopic (exact) mass is 410 g/mol. The fraction of sp³-hybridized carbons (Fsp3) is 0.182. The molecule has 0 radical (unpaired) electrons. The van der Waals surface area contributed by atoms with Crippen molar-refractivity contribution in [2.75, 3.05) is 11.6 Å². The molecule has 0 spiro atoms. The lowest BCUT2D eigenvalue weighted by Gasteiger charge is -2.08. The molecule has 0 saturated heterocycles. The summed E-state index contributed by atoms with van der Waals surface area (Å²) in [5.41, 5.74) is 3.77. The highest BCUT2D eigenvalue weighted by Gasteiger charge is 2.04. The topological polar surface area (TPSA) is 51.2 Å². The Balaban J connectivity index is 1.60. The van der Waals surface area contributed by atoms with Crippen LogP contribution in [0.25, 0.3) is 6.08 Å². The Hall–Kier alpha value is -2.57. The zero-order valence-corrected chi connectivity index (χ0v) is 17.5. The first-order valence-corrected chi connectivity index (χ1v) is 11.1. The summed E-state index contributed by atoms with van der Waals surface area (Å²) in [4.78, 5) is 16.6. The second-order valence-electron chi connectivity index (χ2n) is 6.14. The Labute approximate surface area is 173 Å². The van der Waals surface area contributed by atoms with Gasteiger partial charge in [-0.15, -0.1) is 11.3 Å². The average Bonchev–Trinajstić information content (AvgIpc) is 3.12. The molecule has 0 fully saturated rings. The highest BCUT2D eigenvalue weighted by atomic mass is 32.2. The van der Waals surface area contributed by atoms with Gasteiger partial charge in [-0.1, -0.05) is 30.3 Å². The van der Waals surface area contributed by atoms with E-state index in [4.69, 9.17) is 4.74 Å². The second-order valence-corrected chi connectivity index (χ2v) is 8.07. The highest BCUT2D eigenvalue weighted by Crippen LogP contribution is 2.21. The summed E-state index contributed by atoms with van der Waals surface area (Å²) in [5.74, 6) is 1.51. The second kappa shape index (κ2) is 10.1. The zero-order chi connectivity index (χ0) is 19.8. The maximum atomic E-state index is 12.2. The molecule has 0 bridgehead atoms. The van der Waals surface area contributed by atoms with Crippen molar-refractivity contribution in [1.29, 1.82) is 0 Å². The van der Waals surface area contributed by atoms with Crippen LogP contribution < -0.4 is 10.1 Å². The van der Waals surface area contributed by atoms with Crippen LogP contribution in [0.2, 0.25) is 0 Å². The van der Waals surface area contributed by atoms with Crippen LogP contribution in [-0.4, -0.2) is 17.1 Å². The summed E-state index contributed by atoms with van der Waals surface area (Å²) in [6, 6.07) is 15.5. The molecule has 0 aliphatic heterocycles. The number of carbonyl (C=O) groups is 1. The predicted molar refractivity (Wildman–Crippen MR) is 119 cm³/mol. The largest absolute Gasteiger partial charge is 0.487 e. The first-order chi connectivity index (χ1) is 13.6. The molecule has 6 heteroatoms. The quantitative estimate of drug-likeness (QED) is 0.495. The third kappa shape index (κ3) is 5.97. The van der Waals surface area contributed by atoms with E-state index < -0.39 is 0 Å². The molecule has 0 unspecified atom stereocenters. The molecule has 1 heterocycles. The van der Waals surface area contributed by atoms with E-state index in [2.05, 4.69) is 16.6 Å². The number of hydrogen-bond donors (Lipinski definition) is 1. The minimum Gasteiger partial charge on any atom is -0.487 e. The van der Waals surface area contributed by atoms with Crippen molar-refractivity contribution in [3.63, 3.8) is 0 Å². The van der Waals surface area contributed by atoms with Crippen LogP contribution in [-0.2, 0) is 17.2 Å². The number of anilines is 1. The molecule has 3 rings (SSSR count). The van der Waals surface area contributed by atoms with Crippen molar-refractivity contribution < 1.29 is 9.53 Å². The summed E-state index contributed by atoms with van der Waals surface area (Å²) in [7, 11) is 0. The van der Waals surface area contributed by atoms with Crippen molar-refractivity contribution in [2.45, 2.75) is 19.3 Å². The molecule has 4 nitrogen and oxygen atoms in total. The minimum atomic E-state index is -0.178. The lowest BCUT2D eigenvalue weighted by atomic mass is 10.2. The van der Waals surface area contributed by atoms with Gasteiger partial charge in [0.15, 0.2) is 0 Å². The molecule has 1 N–H and O–H groups in total. The molecule has 1 aromatic heterocycles. The Bertz CT molecular complexity index is 949. The molecule has 1 amide bonds. The van der Waals surface area contributed by atoms with Crippen molar-refractivity contribution >= 4 is 40.8 Å². The summed E-state index contributed by atoms with van der Waals surface area (Å²) in [6.07, 6.45) is 5.35. The number of benzene rings is 2. The van der Waals surface area contributed by atoms with Crippen LogP contribution in [0.3, 0.4) is 0 Å². The number of thioether (sulfide) groups is 1. The average molecular weight is 411 g/mol. The van der Waals surface area contributed by atoms with E-state index in [-0.39, 0.29) is 5.91 Å². The number of para-hydroxylation sites is 1. The number of hydrogen-bond acceptors (Lipinski definition) is 5. The van der Waals surface area contributed by atoms with Crippen molar-refractivity contribution in [2.24, 2.45) is 0 Å². The van der Waals surface area contributed by atoms with Crippen molar-refractivity contribution in [3.05, 3.63) is 81.8 Å². The SMILES string of the molecule is CSCc1ccc(NC(=O)/C=C/c2ccccc2OCc2csc(C)n2)cc1. The smallest absolute Gasteiger partial charge is 0.248 e. The number of thiazole rings is 1. The van der Waals surface area contributed by atoms with Gasteiger partial charge < -0.3 is 10.1 Å². The van der Waals surface area contributed by atoms with Gasteiger partial charge in [0.2, 0.25) is 5.91 Å². The molecule has 0 aliphatic rings. The number of carbonyl (C=O) groups excluding carboxylic acids is 1. The molecule has 0 saturated carbocycles. The van der Waals surface area contributed by atoms with Gasteiger partial charge in [0, 0.05) is 28.5 Å². The van der Waals surface area contributed by atoms with E-state index in [0.717, 1.165) is 33.5 Å². The molecule has 0 atom stereocenters. The molecule has 0 aliphatic carbocycles. The van der Waals surface area contributed by atoms with Gasteiger partial charge in [0.1, 0.15) is 12.4 Å². The third-order valence-electron chi connectivity index (χ3n) is 3.91. The van der Waals surface area contributed by atoms with Gasteiger partial charge in [-0.3, -0.25) is 4.79 Å². The van der Waals surface area contributed by atoms with E-state index in [1.165, 1.54) is 11.6 Å². The Kier molecular flexibility index (Phi) is 7.28. The number of aryl methyl sites for hydroxylation is 1. The zero-order valence-electron chi connectivity index (χ0n) is 15.8. The Morgan fingerprint density at radius 2 is 2.00 bits per heavy atom. The molecule has 2 aromatic carbocycles. The normalized spacial score (nSPS) is 10.9. The number of ether oxygens (including phenoxy) is 1. The summed E-state index contributed by atoms with van der Waals surface area (Å²) in [5, 5.41) is 5.89. The van der Waals surface area contributed by atoms with Crippen LogP contribution in [0.4, 0.5) is 5.69 Å². The Morgan fingerprint density at radius 3 is 2.71 bits per heavy atom. The van der Waals surface area contributed by atoms with E-state index >= 15 is 0 Å².